The third kappa shape index (κ3) is 6.09. The van der Waals surface area contributed by atoms with Crippen LogP contribution in [0.15, 0.2) is 60.7 Å². The van der Waals surface area contributed by atoms with Gasteiger partial charge in [-0.2, -0.15) is 0 Å². The molecule has 0 aliphatic carbocycles. The quantitative estimate of drug-likeness (QED) is 0.739. The van der Waals surface area contributed by atoms with Gasteiger partial charge < -0.3 is 15.0 Å². The van der Waals surface area contributed by atoms with Crippen LogP contribution < -0.4 is 10.1 Å². The second-order valence-corrected chi connectivity index (χ2v) is 5.74. The van der Waals surface area contributed by atoms with Gasteiger partial charge in [-0.05, 0) is 24.6 Å². The Morgan fingerprint density at radius 1 is 1.08 bits per heavy atom. The maximum atomic E-state index is 12.2. The van der Waals surface area contributed by atoms with Crippen molar-refractivity contribution >= 4 is 23.6 Å². The molecule has 0 bridgehead atoms. The van der Waals surface area contributed by atoms with Crippen LogP contribution in [-0.2, 0) is 9.59 Å². The first kappa shape index (κ1) is 19.2. The van der Waals surface area contributed by atoms with E-state index in [4.69, 9.17) is 4.74 Å². The molecule has 0 radical (unpaired) electrons. The molecule has 26 heavy (non-hydrogen) atoms. The van der Waals surface area contributed by atoms with Crippen LogP contribution in [0.3, 0.4) is 0 Å². The van der Waals surface area contributed by atoms with E-state index in [-0.39, 0.29) is 18.2 Å². The van der Waals surface area contributed by atoms with Crippen LogP contribution in [0.4, 0.5) is 5.69 Å². The average molecular weight is 352 g/mol. The number of ether oxygens (including phenoxy) is 1. The molecule has 0 atom stereocenters. The van der Waals surface area contributed by atoms with Crippen molar-refractivity contribution in [2.75, 3.05) is 25.5 Å². The topological polar surface area (TPSA) is 58.6 Å². The Morgan fingerprint density at radius 2 is 1.77 bits per heavy atom. The van der Waals surface area contributed by atoms with Gasteiger partial charge in [0.05, 0.1) is 12.3 Å². The van der Waals surface area contributed by atoms with Crippen molar-refractivity contribution < 1.29 is 14.3 Å². The van der Waals surface area contributed by atoms with E-state index >= 15 is 0 Å². The molecule has 0 aromatic heterocycles. The van der Waals surface area contributed by atoms with Crippen molar-refractivity contribution in [3.8, 4) is 5.75 Å². The number of benzene rings is 2. The molecule has 0 unspecified atom stereocenters. The first-order chi connectivity index (χ1) is 12.6. The van der Waals surface area contributed by atoms with Gasteiger partial charge in [-0.15, -0.1) is 0 Å². The lowest BCUT2D eigenvalue weighted by Gasteiger charge is -2.15. The highest BCUT2D eigenvalue weighted by Gasteiger charge is 2.14. The van der Waals surface area contributed by atoms with Crippen LogP contribution in [0.5, 0.6) is 5.75 Å². The minimum atomic E-state index is -0.360. The number of anilines is 1. The van der Waals surface area contributed by atoms with Crippen LogP contribution in [0.1, 0.15) is 18.9 Å². The molecule has 0 heterocycles. The molecule has 2 rings (SSSR count). The molecule has 2 aromatic carbocycles. The molecule has 0 aliphatic heterocycles. The SMILES string of the molecule is CCOc1ccccc1NC(=O)CC(=O)N(C)CC=Cc1ccccc1. The molecule has 0 fully saturated rings. The number of para-hydroxylation sites is 2. The third-order valence-electron chi connectivity index (χ3n) is 3.69. The van der Waals surface area contributed by atoms with Crippen LogP contribution in [-0.4, -0.2) is 36.9 Å². The number of likely N-dealkylation sites (N-methyl/N-ethyl adjacent to an activating group) is 1. The summed E-state index contributed by atoms with van der Waals surface area (Å²) in [6.45, 7) is 2.82. The molecule has 0 saturated carbocycles. The maximum Gasteiger partial charge on any atom is 0.233 e. The van der Waals surface area contributed by atoms with E-state index in [0.29, 0.717) is 24.6 Å². The molecule has 2 aromatic rings. The average Bonchev–Trinajstić information content (AvgIpc) is 2.64. The van der Waals surface area contributed by atoms with Gasteiger partial charge in [-0.3, -0.25) is 9.59 Å². The summed E-state index contributed by atoms with van der Waals surface area (Å²) in [6.07, 6.45) is 3.63. The Balaban J connectivity index is 1.84. The Kier molecular flexibility index (Phi) is 7.43. The Hall–Kier alpha value is -3.08. The smallest absolute Gasteiger partial charge is 0.233 e. The normalized spacial score (nSPS) is 10.5. The van der Waals surface area contributed by atoms with Gasteiger partial charge in [0, 0.05) is 13.6 Å². The van der Waals surface area contributed by atoms with Crippen molar-refractivity contribution in [1.29, 1.82) is 0 Å². The first-order valence-electron chi connectivity index (χ1n) is 8.57. The second kappa shape index (κ2) is 10.0. The lowest BCUT2D eigenvalue weighted by atomic mass is 10.2. The van der Waals surface area contributed by atoms with Crippen molar-refractivity contribution in [1.82, 2.24) is 4.90 Å². The molecular formula is C21H24N2O3. The van der Waals surface area contributed by atoms with Gasteiger partial charge in [0.2, 0.25) is 11.8 Å². The maximum absolute atomic E-state index is 12.2. The summed E-state index contributed by atoms with van der Waals surface area (Å²) < 4.78 is 5.47. The van der Waals surface area contributed by atoms with E-state index in [9.17, 15) is 9.59 Å². The fraction of sp³-hybridized carbons (Fsp3) is 0.238. The predicted molar refractivity (Wildman–Crippen MR) is 104 cm³/mol. The Morgan fingerprint density at radius 3 is 2.50 bits per heavy atom. The van der Waals surface area contributed by atoms with Gasteiger partial charge in [0.25, 0.3) is 0 Å². The van der Waals surface area contributed by atoms with E-state index in [1.807, 2.05) is 55.5 Å². The summed E-state index contributed by atoms with van der Waals surface area (Å²) in [7, 11) is 1.68. The zero-order valence-electron chi connectivity index (χ0n) is 15.1. The molecule has 5 nitrogen and oxygen atoms in total. The van der Waals surface area contributed by atoms with E-state index in [0.717, 1.165) is 5.56 Å². The van der Waals surface area contributed by atoms with Crippen molar-refractivity contribution in [2.45, 2.75) is 13.3 Å². The lowest BCUT2D eigenvalue weighted by molar-refractivity contribution is -0.133. The highest BCUT2D eigenvalue weighted by atomic mass is 16.5. The fourth-order valence-corrected chi connectivity index (χ4v) is 2.33. The number of carbonyl (C=O) groups excluding carboxylic acids is 2. The van der Waals surface area contributed by atoms with E-state index in [1.54, 1.807) is 25.2 Å². The molecule has 0 spiro atoms. The van der Waals surface area contributed by atoms with E-state index in [1.165, 1.54) is 4.90 Å². The molecule has 2 amide bonds. The van der Waals surface area contributed by atoms with Crippen molar-refractivity contribution in [3.05, 3.63) is 66.2 Å². The molecule has 0 aliphatic rings. The van der Waals surface area contributed by atoms with Gasteiger partial charge in [-0.1, -0.05) is 54.6 Å². The second-order valence-electron chi connectivity index (χ2n) is 5.74. The monoisotopic (exact) mass is 352 g/mol. The zero-order chi connectivity index (χ0) is 18.8. The Labute approximate surface area is 154 Å². The largest absolute Gasteiger partial charge is 0.492 e. The van der Waals surface area contributed by atoms with Gasteiger partial charge in [0.1, 0.15) is 12.2 Å². The van der Waals surface area contributed by atoms with E-state index < -0.39 is 0 Å². The molecular weight excluding hydrogens is 328 g/mol. The van der Waals surface area contributed by atoms with Crippen LogP contribution in [0.2, 0.25) is 0 Å². The zero-order valence-corrected chi connectivity index (χ0v) is 15.1. The number of amides is 2. The minimum absolute atomic E-state index is 0.212. The van der Waals surface area contributed by atoms with Crippen molar-refractivity contribution in [2.24, 2.45) is 0 Å². The summed E-state index contributed by atoms with van der Waals surface area (Å²) in [4.78, 5) is 25.9. The van der Waals surface area contributed by atoms with Gasteiger partial charge >= 0.3 is 0 Å². The number of nitrogens with zero attached hydrogens (tertiary/aromatic N) is 1. The molecule has 5 heteroatoms. The molecule has 1 N–H and O–H groups in total. The summed E-state index contributed by atoms with van der Waals surface area (Å²) in [6, 6.07) is 17.0. The highest BCUT2D eigenvalue weighted by molar-refractivity contribution is 6.04. The third-order valence-corrected chi connectivity index (χ3v) is 3.69. The number of hydrogen-bond donors (Lipinski definition) is 1. The Bertz CT molecular complexity index is 757. The number of rotatable bonds is 8. The lowest BCUT2D eigenvalue weighted by Crippen LogP contribution is -2.30. The van der Waals surface area contributed by atoms with Crippen LogP contribution in [0.25, 0.3) is 6.08 Å². The standard InChI is InChI=1S/C21H24N2O3/c1-3-26-19-14-8-7-13-18(19)22-20(24)16-21(25)23(2)15-9-12-17-10-5-4-6-11-17/h4-14H,3,15-16H2,1-2H3,(H,22,24). The van der Waals surface area contributed by atoms with Gasteiger partial charge in [0.15, 0.2) is 0 Å². The summed E-state index contributed by atoms with van der Waals surface area (Å²) in [5.41, 5.74) is 1.64. The number of nitrogens with one attached hydrogen (secondary N) is 1. The summed E-state index contributed by atoms with van der Waals surface area (Å²) in [5.74, 6) is -0.00917. The van der Waals surface area contributed by atoms with E-state index in [2.05, 4.69) is 5.32 Å². The first-order valence-corrected chi connectivity index (χ1v) is 8.57. The fourth-order valence-electron chi connectivity index (χ4n) is 2.33. The van der Waals surface area contributed by atoms with Gasteiger partial charge in [-0.25, -0.2) is 0 Å². The number of hydrogen-bond acceptors (Lipinski definition) is 3. The summed E-state index contributed by atoms with van der Waals surface area (Å²) >= 11 is 0. The van der Waals surface area contributed by atoms with Crippen LogP contribution in [0, 0.1) is 0 Å². The van der Waals surface area contributed by atoms with Crippen LogP contribution >= 0.6 is 0 Å². The molecule has 0 saturated heterocycles. The minimum Gasteiger partial charge on any atom is -0.492 e. The van der Waals surface area contributed by atoms with Crippen molar-refractivity contribution in [3.63, 3.8) is 0 Å². The molecule has 136 valence electrons. The predicted octanol–water partition coefficient (Wildman–Crippen LogP) is 3.59. The summed E-state index contributed by atoms with van der Waals surface area (Å²) in [5, 5.41) is 2.73. The number of carbonyl (C=O) groups is 2. The highest BCUT2D eigenvalue weighted by Crippen LogP contribution is 2.23.